The standard InChI is InChI=1S/C27H29N5/c1-2-8-22-19-26(32-25-12-7-6-11-24(25)29-27(32)23(22)20-28)31-17-15-30(16-18-31)14-13-21-9-4-3-5-10-21/h3-7,9-12,19H,2,8,13-18H2,1H3. The molecule has 162 valence electrons. The van der Waals surface area contributed by atoms with Gasteiger partial charge in [0.05, 0.1) is 16.6 Å². The second-order valence-corrected chi connectivity index (χ2v) is 8.59. The Balaban J connectivity index is 1.44. The molecule has 0 aliphatic carbocycles. The highest BCUT2D eigenvalue weighted by Crippen LogP contribution is 2.30. The highest BCUT2D eigenvalue weighted by atomic mass is 15.3. The van der Waals surface area contributed by atoms with E-state index in [1.165, 1.54) is 11.4 Å². The van der Waals surface area contributed by atoms with Crippen LogP contribution in [-0.2, 0) is 12.8 Å². The van der Waals surface area contributed by atoms with Gasteiger partial charge in [0.15, 0.2) is 5.65 Å². The number of hydrogen-bond donors (Lipinski definition) is 0. The lowest BCUT2D eigenvalue weighted by Gasteiger charge is -2.36. The van der Waals surface area contributed by atoms with Crippen molar-refractivity contribution in [1.29, 1.82) is 5.26 Å². The summed E-state index contributed by atoms with van der Waals surface area (Å²) < 4.78 is 2.20. The Morgan fingerprint density at radius 3 is 2.44 bits per heavy atom. The molecule has 1 aliphatic rings. The van der Waals surface area contributed by atoms with Gasteiger partial charge in [0.1, 0.15) is 11.9 Å². The van der Waals surface area contributed by atoms with E-state index in [2.05, 4.69) is 69.7 Å². The topological polar surface area (TPSA) is 47.6 Å². The molecule has 5 nitrogen and oxygen atoms in total. The van der Waals surface area contributed by atoms with E-state index in [0.717, 1.165) is 74.2 Å². The molecular formula is C27H29N5. The molecule has 1 aliphatic heterocycles. The summed E-state index contributed by atoms with van der Waals surface area (Å²) in [5, 5.41) is 9.93. The van der Waals surface area contributed by atoms with Crippen LogP contribution in [0, 0.1) is 11.3 Å². The number of rotatable bonds is 6. The molecular weight excluding hydrogens is 394 g/mol. The molecule has 0 atom stereocenters. The number of aryl methyl sites for hydroxylation is 1. The van der Waals surface area contributed by atoms with Crippen molar-refractivity contribution < 1.29 is 0 Å². The number of pyridine rings is 1. The molecule has 1 saturated heterocycles. The Morgan fingerprint density at radius 1 is 0.938 bits per heavy atom. The van der Waals surface area contributed by atoms with E-state index in [4.69, 9.17) is 4.98 Å². The fourth-order valence-corrected chi connectivity index (χ4v) is 4.82. The summed E-state index contributed by atoms with van der Waals surface area (Å²) in [6.07, 6.45) is 3.00. The predicted octanol–water partition coefficient (Wildman–Crippen LogP) is 4.68. The maximum Gasteiger partial charge on any atom is 0.157 e. The first-order chi connectivity index (χ1) is 15.8. The minimum Gasteiger partial charge on any atom is -0.355 e. The van der Waals surface area contributed by atoms with Crippen LogP contribution >= 0.6 is 0 Å². The Morgan fingerprint density at radius 2 is 1.69 bits per heavy atom. The molecule has 0 saturated carbocycles. The zero-order valence-corrected chi connectivity index (χ0v) is 18.7. The first kappa shape index (κ1) is 20.5. The van der Waals surface area contributed by atoms with Crippen molar-refractivity contribution in [1.82, 2.24) is 14.3 Å². The van der Waals surface area contributed by atoms with Crippen molar-refractivity contribution in [2.45, 2.75) is 26.2 Å². The van der Waals surface area contributed by atoms with Gasteiger partial charge in [0.2, 0.25) is 0 Å². The molecule has 0 amide bonds. The van der Waals surface area contributed by atoms with E-state index in [1.54, 1.807) is 0 Å². The minimum atomic E-state index is 0.716. The summed E-state index contributed by atoms with van der Waals surface area (Å²) in [6.45, 7) is 7.31. The second kappa shape index (κ2) is 9.02. The van der Waals surface area contributed by atoms with Crippen molar-refractivity contribution >= 4 is 22.5 Å². The molecule has 0 bridgehead atoms. The lowest BCUT2D eigenvalue weighted by atomic mass is 10.0. The van der Waals surface area contributed by atoms with Crippen LogP contribution < -0.4 is 4.90 Å². The Labute approximate surface area is 189 Å². The van der Waals surface area contributed by atoms with Crippen LogP contribution in [0.4, 0.5) is 5.82 Å². The van der Waals surface area contributed by atoms with Crippen molar-refractivity contribution in [2.75, 3.05) is 37.6 Å². The van der Waals surface area contributed by atoms with Crippen molar-refractivity contribution in [3.05, 3.63) is 77.4 Å². The number of piperazine rings is 1. The second-order valence-electron chi connectivity index (χ2n) is 8.59. The number of nitriles is 1. The molecule has 0 unspecified atom stereocenters. The number of imidazole rings is 1. The third-order valence-electron chi connectivity index (χ3n) is 6.52. The van der Waals surface area contributed by atoms with Crippen molar-refractivity contribution in [2.24, 2.45) is 0 Å². The molecule has 0 spiro atoms. The quantitative estimate of drug-likeness (QED) is 0.452. The van der Waals surface area contributed by atoms with Gasteiger partial charge in [-0.05, 0) is 42.2 Å². The molecule has 0 N–H and O–H groups in total. The molecule has 1 fully saturated rings. The van der Waals surface area contributed by atoms with Gasteiger partial charge in [-0.25, -0.2) is 4.98 Å². The Kier molecular flexibility index (Phi) is 5.79. The highest BCUT2D eigenvalue weighted by molar-refractivity contribution is 5.85. The first-order valence-corrected chi connectivity index (χ1v) is 11.6. The third kappa shape index (κ3) is 3.83. The molecule has 32 heavy (non-hydrogen) atoms. The van der Waals surface area contributed by atoms with Gasteiger partial charge < -0.3 is 4.90 Å². The average molecular weight is 424 g/mol. The maximum atomic E-state index is 9.93. The van der Waals surface area contributed by atoms with Crippen LogP contribution in [0.2, 0.25) is 0 Å². The Hall–Kier alpha value is -3.36. The van der Waals surface area contributed by atoms with E-state index in [1.807, 2.05) is 18.2 Å². The Bertz CT molecular complexity index is 1260. The van der Waals surface area contributed by atoms with E-state index in [-0.39, 0.29) is 0 Å². The van der Waals surface area contributed by atoms with Gasteiger partial charge in [-0.15, -0.1) is 0 Å². The molecule has 2 aromatic heterocycles. The lowest BCUT2D eigenvalue weighted by Crippen LogP contribution is -2.47. The number of aromatic nitrogens is 2. The molecule has 5 rings (SSSR count). The third-order valence-corrected chi connectivity index (χ3v) is 6.52. The lowest BCUT2D eigenvalue weighted by molar-refractivity contribution is 0.260. The summed E-state index contributed by atoms with van der Waals surface area (Å²) in [5.74, 6) is 1.17. The summed E-state index contributed by atoms with van der Waals surface area (Å²) in [7, 11) is 0. The smallest absolute Gasteiger partial charge is 0.157 e. The maximum absolute atomic E-state index is 9.93. The van der Waals surface area contributed by atoms with Gasteiger partial charge in [0.25, 0.3) is 0 Å². The number of anilines is 1. The normalized spacial score (nSPS) is 14.8. The van der Waals surface area contributed by atoms with Crippen LogP contribution in [0.15, 0.2) is 60.7 Å². The fourth-order valence-electron chi connectivity index (χ4n) is 4.82. The van der Waals surface area contributed by atoms with Gasteiger partial charge in [-0.1, -0.05) is 55.8 Å². The number of hydrogen-bond acceptors (Lipinski definition) is 4. The number of nitrogens with zero attached hydrogens (tertiary/aromatic N) is 5. The van der Waals surface area contributed by atoms with Crippen LogP contribution in [0.3, 0.4) is 0 Å². The fraction of sp³-hybridized carbons (Fsp3) is 0.333. The van der Waals surface area contributed by atoms with E-state index >= 15 is 0 Å². The monoisotopic (exact) mass is 423 g/mol. The molecule has 3 heterocycles. The number of benzene rings is 2. The summed E-state index contributed by atoms with van der Waals surface area (Å²) in [4.78, 5) is 9.90. The van der Waals surface area contributed by atoms with Crippen molar-refractivity contribution in [3.63, 3.8) is 0 Å². The van der Waals surface area contributed by atoms with Crippen LogP contribution in [0.25, 0.3) is 16.7 Å². The largest absolute Gasteiger partial charge is 0.355 e. The average Bonchev–Trinajstić information content (AvgIpc) is 3.23. The molecule has 2 aromatic carbocycles. The summed E-state index contributed by atoms with van der Waals surface area (Å²) in [5.41, 5.74) is 6.04. The number of para-hydroxylation sites is 2. The number of fused-ring (bicyclic) bond motifs is 3. The SMILES string of the molecule is CCCc1cc(N2CCN(CCc3ccccc3)CC2)n2c(nc3ccccc32)c1C#N. The van der Waals surface area contributed by atoms with E-state index in [9.17, 15) is 5.26 Å². The van der Waals surface area contributed by atoms with Gasteiger partial charge in [0, 0.05) is 32.7 Å². The predicted molar refractivity (Wildman–Crippen MR) is 130 cm³/mol. The summed E-state index contributed by atoms with van der Waals surface area (Å²) in [6, 6.07) is 23.6. The molecule has 5 heteroatoms. The first-order valence-electron chi connectivity index (χ1n) is 11.6. The molecule has 0 radical (unpaired) electrons. The van der Waals surface area contributed by atoms with Crippen LogP contribution in [0.1, 0.15) is 30.0 Å². The van der Waals surface area contributed by atoms with E-state index < -0.39 is 0 Å². The van der Waals surface area contributed by atoms with E-state index in [0.29, 0.717) is 5.56 Å². The van der Waals surface area contributed by atoms with Crippen LogP contribution in [-0.4, -0.2) is 47.0 Å². The minimum absolute atomic E-state index is 0.716. The van der Waals surface area contributed by atoms with Crippen LogP contribution in [0.5, 0.6) is 0 Å². The van der Waals surface area contributed by atoms with Gasteiger partial charge in [-0.2, -0.15) is 5.26 Å². The van der Waals surface area contributed by atoms with Crippen molar-refractivity contribution in [3.8, 4) is 6.07 Å². The highest BCUT2D eigenvalue weighted by Gasteiger charge is 2.23. The van der Waals surface area contributed by atoms with Gasteiger partial charge >= 0.3 is 0 Å². The zero-order chi connectivity index (χ0) is 21.9. The zero-order valence-electron chi connectivity index (χ0n) is 18.7. The van der Waals surface area contributed by atoms with Gasteiger partial charge in [-0.3, -0.25) is 9.30 Å². The summed E-state index contributed by atoms with van der Waals surface area (Å²) >= 11 is 0. The molecule has 4 aromatic rings.